The van der Waals surface area contributed by atoms with E-state index in [1.807, 2.05) is 13.0 Å². The molecule has 90 valence electrons. The van der Waals surface area contributed by atoms with Gasteiger partial charge in [0.05, 0.1) is 12.2 Å². The number of hydrogen-bond acceptors (Lipinski definition) is 2. The molecule has 0 saturated carbocycles. The Hall–Kier alpha value is -1.55. The van der Waals surface area contributed by atoms with Gasteiger partial charge in [-0.05, 0) is 19.9 Å². The van der Waals surface area contributed by atoms with Gasteiger partial charge in [-0.25, -0.2) is 0 Å². The molecule has 0 radical (unpaired) electrons. The van der Waals surface area contributed by atoms with Gasteiger partial charge < -0.3 is 4.57 Å². The molecule has 0 unspecified atom stereocenters. The minimum absolute atomic E-state index is 0.00631. The first-order valence-electron chi connectivity index (χ1n) is 5.34. The molecule has 0 aromatic carbocycles. The first-order chi connectivity index (χ1) is 8.00. The van der Waals surface area contributed by atoms with Crippen molar-refractivity contribution in [1.82, 2.24) is 14.3 Å². The maximum absolute atomic E-state index is 11.9. The smallest absolute Gasteiger partial charge is 0.253 e. The topological polar surface area (TPSA) is 39.8 Å². The predicted octanol–water partition coefficient (Wildman–Crippen LogP) is 1.90. The van der Waals surface area contributed by atoms with Gasteiger partial charge in [0, 0.05) is 24.4 Å². The number of hydrogen-bond donors (Lipinski definition) is 0. The van der Waals surface area contributed by atoms with Crippen LogP contribution in [0.3, 0.4) is 0 Å². The Balaban J connectivity index is 2.45. The van der Waals surface area contributed by atoms with Gasteiger partial charge in [-0.1, -0.05) is 17.7 Å². The van der Waals surface area contributed by atoms with Crippen molar-refractivity contribution in [2.24, 2.45) is 7.05 Å². The van der Waals surface area contributed by atoms with E-state index in [4.69, 9.17) is 11.6 Å². The molecule has 2 aromatic heterocycles. The number of nitrogens with zero attached hydrogens (tertiary/aromatic N) is 3. The second-order valence-corrected chi connectivity index (χ2v) is 4.46. The second-order valence-electron chi connectivity index (χ2n) is 4.10. The minimum atomic E-state index is 0.00631. The molecule has 0 spiro atoms. The van der Waals surface area contributed by atoms with Crippen molar-refractivity contribution in [3.8, 4) is 0 Å². The van der Waals surface area contributed by atoms with Crippen molar-refractivity contribution < 1.29 is 0 Å². The summed E-state index contributed by atoms with van der Waals surface area (Å²) in [7, 11) is 1.79. The summed E-state index contributed by atoms with van der Waals surface area (Å²) in [6.45, 7) is 4.15. The standard InChI is InChI=1S/C12H14ClN3O/c1-8-5-4-6-16(12(8)17)7-10-9(2)14-15(3)11(10)13/h4-6H,7H2,1-3H3. The van der Waals surface area contributed by atoms with E-state index in [0.29, 0.717) is 11.7 Å². The van der Waals surface area contributed by atoms with E-state index in [9.17, 15) is 4.79 Å². The Morgan fingerprint density at radius 2 is 2.12 bits per heavy atom. The van der Waals surface area contributed by atoms with E-state index >= 15 is 0 Å². The second kappa shape index (κ2) is 4.37. The molecule has 0 aliphatic heterocycles. The maximum atomic E-state index is 11.9. The lowest BCUT2D eigenvalue weighted by Gasteiger charge is -2.06. The lowest BCUT2D eigenvalue weighted by Crippen LogP contribution is -2.21. The van der Waals surface area contributed by atoms with Crippen LogP contribution < -0.4 is 5.56 Å². The normalized spacial score (nSPS) is 10.8. The summed E-state index contributed by atoms with van der Waals surface area (Å²) in [6.07, 6.45) is 1.76. The number of aromatic nitrogens is 3. The summed E-state index contributed by atoms with van der Waals surface area (Å²) in [5.41, 5.74) is 2.48. The quantitative estimate of drug-likeness (QED) is 0.818. The first kappa shape index (κ1) is 11.9. The zero-order valence-electron chi connectivity index (χ0n) is 10.1. The first-order valence-corrected chi connectivity index (χ1v) is 5.72. The van der Waals surface area contributed by atoms with Crippen molar-refractivity contribution in [1.29, 1.82) is 0 Å². The number of pyridine rings is 1. The zero-order chi connectivity index (χ0) is 12.6. The lowest BCUT2D eigenvalue weighted by atomic mass is 10.2. The molecule has 17 heavy (non-hydrogen) atoms. The Morgan fingerprint density at radius 1 is 1.41 bits per heavy atom. The molecule has 0 atom stereocenters. The third-order valence-corrected chi connectivity index (χ3v) is 3.28. The lowest BCUT2D eigenvalue weighted by molar-refractivity contribution is 0.745. The highest BCUT2D eigenvalue weighted by Crippen LogP contribution is 2.19. The third kappa shape index (κ3) is 2.13. The van der Waals surface area contributed by atoms with E-state index in [1.165, 1.54) is 0 Å². The number of aryl methyl sites for hydroxylation is 3. The molecular formula is C12H14ClN3O. The van der Waals surface area contributed by atoms with Gasteiger partial charge in [0.2, 0.25) is 0 Å². The highest BCUT2D eigenvalue weighted by Gasteiger charge is 2.12. The fourth-order valence-electron chi connectivity index (χ4n) is 1.81. The molecule has 0 saturated heterocycles. The molecular weight excluding hydrogens is 238 g/mol. The van der Waals surface area contributed by atoms with Crippen LogP contribution in [0, 0.1) is 13.8 Å². The van der Waals surface area contributed by atoms with E-state index in [2.05, 4.69) is 5.10 Å². The molecule has 0 N–H and O–H groups in total. The summed E-state index contributed by atoms with van der Waals surface area (Å²) in [6, 6.07) is 3.66. The summed E-state index contributed by atoms with van der Waals surface area (Å²) < 4.78 is 3.26. The van der Waals surface area contributed by atoms with Crippen LogP contribution >= 0.6 is 11.6 Å². The van der Waals surface area contributed by atoms with Gasteiger partial charge in [0.1, 0.15) is 5.15 Å². The Kier molecular flexibility index (Phi) is 3.07. The molecule has 0 fully saturated rings. The van der Waals surface area contributed by atoms with Crippen LogP contribution in [0.25, 0.3) is 0 Å². The predicted molar refractivity (Wildman–Crippen MR) is 67.5 cm³/mol. The molecule has 0 aliphatic rings. The molecule has 2 heterocycles. The summed E-state index contributed by atoms with van der Waals surface area (Å²) in [5.74, 6) is 0. The molecule has 5 heteroatoms. The molecule has 0 bridgehead atoms. The van der Waals surface area contributed by atoms with E-state index < -0.39 is 0 Å². The van der Waals surface area contributed by atoms with E-state index in [1.54, 1.807) is 35.5 Å². The summed E-state index contributed by atoms with van der Waals surface area (Å²) >= 11 is 6.14. The van der Waals surface area contributed by atoms with Crippen LogP contribution in [-0.4, -0.2) is 14.3 Å². The van der Waals surface area contributed by atoms with Crippen LogP contribution in [0.15, 0.2) is 23.1 Å². The van der Waals surface area contributed by atoms with Gasteiger partial charge in [-0.3, -0.25) is 9.48 Å². The highest BCUT2D eigenvalue weighted by atomic mass is 35.5. The van der Waals surface area contributed by atoms with Crippen LogP contribution in [0.1, 0.15) is 16.8 Å². The largest absolute Gasteiger partial charge is 0.311 e. The maximum Gasteiger partial charge on any atom is 0.253 e. The number of halogens is 1. The molecule has 4 nitrogen and oxygen atoms in total. The Morgan fingerprint density at radius 3 is 2.71 bits per heavy atom. The van der Waals surface area contributed by atoms with Crippen molar-refractivity contribution >= 4 is 11.6 Å². The average molecular weight is 252 g/mol. The molecule has 0 amide bonds. The van der Waals surface area contributed by atoms with Crippen molar-refractivity contribution in [3.63, 3.8) is 0 Å². The van der Waals surface area contributed by atoms with Gasteiger partial charge >= 0.3 is 0 Å². The SMILES string of the molecule is Cc1nn(C)c(Cl)c1Cn1cccc(C)c1=O. The average Bonchev–Trinajstić information content (AvgIpc) is 2.51. The van der Waals surface area contributed by atoms with Gasteiger partial charge in [0.15, 0.2) is 0 Å². The van der Waals surface area contributed by atoms with Crippen LogP contribution in [0.5, 0.6) is 0 Å². The van der Waals surface area contributed by atoms with Gasteiger partial charge in [-0.15, -0.1) is 0 Å². The fraction of sp³-hybridized carbons (Fsp3) is 0.333. The summed E-state index contributed by atoms with van der Waals surface area (Å²) in [4.78, 5) is 11.9. The minimum Gasteiger partial charge on any atom is -0.311 e. The van der Waals surface area contributed by atoms with Crippen LogP contribution in [0.2, 0.25) is 5.15 Å². The third-order valence-electron chi connectivity index (χ3n) is 2.81. The van der Waals surface area contributed by atoms with Crippen molar-refractivity contribution in [2.45, 2.75) is 20.4 Å². The van der Waals surface area contributed by atoms with Crippen molar-refractivity contribution in [2.75, 3.05) is 0 Å². The Labute approximate surface area is 104 Å². The highest BCUT2D eigenvalue weighted by molar-refractivity contribution is 6.30. The van der Waals surface area contributed by atoms with Gasteiger partial charge in [0.25, 0.3) is 5.56 Å². The van der Waals surface area contributed by atoms with Crippen LogP contribution in [-0.2, 0) is 13.6 Å². The van der Waals surface area contributed by atoms with Gasteiger partial charge in [-0.2, -0.15) is 5.10 Å². The van der Waals surface area contributed by atoms with Crippen molar-refractivity contribution in [3.05, 3.63) is 50.7 Å². The monoisotopic (exact) mass is 251 g/mol. The van der Waals surface area contributed by atoms with E-state index in [-0.39, 0.29) is 5.56 Å². The molecule has 2 rings (SSSR count). The summed E-state index contributed by atoms with van der Waals surface area (Å²) in [5, 5.41) is 4.81. The fourth-order valence-corrected chi connectivity index (χ4v) is 2.04. The molecule has 2 aromatic rings. The number of rotatable bonds is 2. The van der Waals surface area contributed by atoms with Crippen LogP contribution in [0.4, 0.5) is 0 Å². The Bertz CT molecular complexity index is 613. The molecule has 0 aliphatic carbocycles. The van der Waals surface area contributed by atoms with E-state index in [0.717, 1.165) is 16.8 Å². The zero-order valence-corrected chi connectivity index (χ0v) is 10.8.